The zero-order valence-corrected chi connectivity index (χ0v) is 12.8. The minimum atomic E-state index is -0.267. The van der Waals surface area contributed by atoms with Crippen molar-refractivity contribution in [1.82, 2.24) is 15.3 Å². The highest BCUT2D eigenvalue weighted by Gasteiger charge is 2.17. The van der Waals surface area contributed by atoms with E-state index in [0.717, 1.165) is 11.3 Å². The van der Waals surface area contributed by atoms with Gasteiger partial charge in [0.05, 0.1) is 5.25 Å². The number of thioether (sulfide) groups is 1. The van der Waals surface area contributed by atoms with E-state index in [2.05, 4.69) is 15.3 Å². The summed E-state index contributed by atoms with van der Waals surface area (Å²) in [6.07, 6.45) is 3.32. The van der Waals surface area contributed by atoms with E-state index < -0.39 is 0 Å². The largest absolute Gasteiger partial charge is 0.454 e. The Balaban J connectivity index is 1.53. The molecule has 6 nitrogen and oxygen atoms in total. The zero-order valence-electron chi connectivity index (χ0n) is 12.0. The van der Waals surface area contributed by atoms with Crippen LogP contribution >= 0.6 is 11.8 Å². The fourth-order valence-corrected chi connectivity index (χ4v) is 2.69. The number of nitrogens with one attached hydrogen (secondary N) is 1. The molecule has 2 aromatic rings. The molecular weight excluding hydrogens is 302 g/mol. The van der Waals surface area contributed by atoms with Crippen molar-refractivity contribution in [2.75, 3.05) is 6.79 Å². The summed E-state index contributed by atoms with van der Waals surface area (Å²) < 4.78 is 10.6. The van der Waals surface area contributed by atoms with Gasteiger partial charge in [0.2, 0.25) is 12.7 Å². The molecule has 2 heterocycles. The summed E-state index contributed by atoms with van der Waals surface area (Å²) in [5, 5.41) is 3.22. The first-order valence-corrected chi connectivity index (χ1v) is 7.70. The number of carbonyl (C=O) groups is 1. The number of amides is 1. The number of hydrogen-bond acceptors (Lipinski definition) is 6. The third kappa shape index (κ3) is 3.48. The second kappa shape index (κ2) is 6.65. The molecule has 1 unspecified atom stereocenters. The predicted molar refractivity (Wildman–Crippen MR) is 81.8 cm³/mol. The molecule has 1 aromatic heterocycles. The highest BCUT2D eigenvalue weighted by molar-refractivity contribution is 8.00. The minimum Gasteiger partial charge on any atom is -0.454 e. The number of benzene rings is 1. The summed E-state index contributed by atoms with van der Waals surface area (Å²) in [7, 11) is 0. The maximum Gasteiger partial charge on any atom is 0.233 e. The van der Waals surface area contributed by atoms with Crippen LogP contribution in [0.1, 0.15) is 12.5 Å². The van der Waals surface area contributed by atoms with Gasteiger partial charge in [-0.3, -0.25) is 4.79 Å². The van der Waals surface area contributed by atoms with Crippen LogP contribution < -0.4 is 14.8 Å². The maximum atomic E-state index is 12.1. The molecule has 114 valence electrons. The van der Waals surface area contributed by atoms with Crippen molar-refractivity contribution in [2.45, 2.75) is 23.9 Å². The smallest absolute Gasteiger partial charge is 0.233 e. The molecule has 3 rings (SSSR count). The van der Waals surface area contributed by atoms with Crippen LogP contribution in [0.2, 0.25) is 0 Å². The number of ether oxygens (including phenoxy) is 2. The molecule has 1 aliphatic rings. The second-order valence-corrected chi connectivity index (χ2v) is 6.00. The Labute approximate surface area is 132 Å². The zero-order chi connectivity index (χ0) is 15.4. The van der Waals surface area contributed by atoms with Gasteiger partial charge in [0.15, 0.2) is 16.7 Å². The Morgan fingerprint density at radius 3 is 2.91 bits per heavy atom. The maximum absolute atomic E-state index is 12.1. The summed E-state index contributed by atoms with van der Waals surface area (Å²) in [6, 6.07) is 7.38. The quantitative estimate of drug-likeness (QED) is 0.672. The topological polar surface area (TPSA) is 73.3 Å². The molecule has 1 amide bonds. The lowest BCUT2D eigenvalue weighted by Crippen LogP contribution is -2.30. The highest BCUT2D eigenvalue weighted by Crippen LogP contribution is 2.32. The lowest BCUT2D eigenvalue weighted by molar-refractivity contribution is -0.120. The van der Waals surface area contributed by atoms with Crippen molar-refractivity contribution in [3.8, 4) is 11.5 Å². The molecule has 1 N–H and O–H groups in total. The van der Waals surface area contributed by atoms with Gasteiger partial charge in [0.1, 0.15) is 0 Å². The fourth-order valence-electron chi connectivity index (χ4n) is 1.94. The van der Waals surface area contributed by atoms with Gasteiger partial charge in [-0.2, -0.15) is 0 Å². The normalized spacial score (nSPS) is 13.7. The number of aromatic nitrogens is 2. The number of carbonyl (C=O) groups excluding carboxylic acids is 1. The van der Waals surface area contributed by atoms with E-state index in [4.69, 9.17) is 9.47 Å². The van der Waals surface area contributed by atoms with Crippen LogP contribution in [0.25, 0.3) is 0 Å². The standard InChI is InChI=1S/C15H15N3O3S/c1-10(22-15-16-5-2-6-17-15)14(19)18-8-11-3-4-12-13(7-11)21-9-20-12/h2-7,10H,8-9H2,1H3,(H,18,19). The van der Waals surface area contributed by atoms with Crippen LogP contribution in [0.4, 0.5) is 0 Å². The van der Waals surface area contributed by atoms with Crippen LogP contribution in [0.3, 0.4) is 0 Å². The predicted octanol–water partition coefficient (Wildman–Crippen LogP) is 2.00. The third-order valence-corrected chi connectivity index (χ3v) is 4.09. The molecule has 0 saturated carbocycles. The molecule has 0 fully saturated rings. The highest BCUT2D eigenvalue weighted by atomic mass is 32.2. The van der Waals surface area contributed by atoms with Gasteiger partial charge in [-0.25, -0.2) is 9.97 Å². The van der Waals surface area contributed by atoms with Gasteiger partial charge in [-0.15, -0.1) is 0 Å². The van der Waals surface area contributed by atoms with Gasteiger partial charge in [0, 0.05) is 18.9 Å². The summed E-state index contributed by atoms with van der Waals surface area (Å²) in [4.78, 5) is 20.3. The van der Waals surface area contributed by atoms with Gasteiger partial charge >= 0.3 is 0 Å². The Hall–Kier alpha value is -2.28. The molecule has 22 heavy (non-hydrogen) atoms. The Kier molecular flexibility index (Phi) is 4.43. The monoisotopic (exact) mass is 317 g/mol. The van der Waals surface area contributed by atoms with Crippen molar-refractivity contribution in [2.24, 2.45) is 0 Å². The van der Waals surface area contributed by atoms with Crippen molar-refractivity contribution >= 4 is 17.7 Å². The Morgan fingerprint density at radius 2 is 2.09 bits per heavy atom. The number of rotatable bonds is 5. The van der Waals surface area contributed by atoms with Crippen LogP contribution in [-0.4, -0.2) is 27.9 Å². The first-order valence-electron chi connectivity index (χ1n) is 6.82. The van der Waals surface area contributed by atoms with E-state index >= 15 is 0 Å². The molecular formula is C15H15N3O3S. The Bertz CT molecular complexity index is 666. The van der Waals surface area contributed by atoms with E-state index in [-0.39, 0.29) is 18.0 Å². The van der Waals surface area contributed by atoms with Crippen molar-refractivity contribution in [3.05, 3.63) is 42.2 Å². The summed E-state index contributed by atoms with van der Waals surface area (Å²) in [5.41, 5.74) is 0.964. The average Bonchev–Trinajstić information content (AvgIpc) is 3.01. The van der Waals surface area contributed by atoms with E-state index in [1.165, 1.54) is 11.8 Å². The van der Waals surface area contributed by atoms with Gasteiger partial charge in [-0.1, -0.05) is 17.8 Å². The summed E-state index contributed by atoms with van der Waals surface area (Å²) >= 11 is 1.33. The second-order valence-electron chi connectivity index (χ2n) is 4.70. The van der Waals surface area contributed by atoms with Crippen LogP contribution in [0, 0.1) is 0 Å². The summed E-state index contributed by atoms with van der Waals surface area (Å²) in [5.74, 6) is 1.39. The molecule has 0 aliphatic carbocycles. The number of hydrogen-bond donors (Lipinski definition) is 1. The van der Waals surface area contributed by atoms with Crippen LogP contribution in [0.5, 0.6) is 11.5 Å². The van der Waals surface area contributed by atoms with E-state index in [9.17, 15) is 4.79 Å². The number of nitrogens with zero attached hydrogens (tertiary/aromatic N) is 2. The molecule has 1 aromatic carbocycles. The first-order chi connectivity index (χ1) is 10.7. The molecule has 7 heteroatoms. The van der Waals surface area contributed by atoms with Gasteiger partial charge in [0.25, 0.3) is 0 Å². The van der Waals surface area contributed by atoms with Crippen molar-refractivity contribution in [3.63, 3.8) is 0 Å². The van der Waals surface area contributed by atoms with E-state index in [1.54, 1.807) is 18.5 Å². The lowest BCUT2D eigenvalue weighted by atomic mass is 10.2. The van der Waals surface area contributed by atoms with Gasteiger partial charge in [-0.05, 0) is 30.7 Å². The van der Waals surface area contributed by atoms with Crippen LogP contribution in [-0.2, 0) is 11.3 Å². The van der Waals surface area contributed by atoms with Gasteiger partial charge < -0.3 is 14.8 Å². The average molecular weight is 317 g/mol. The molecule has 0 bridgehead atoms. The van der Waals surface area contributed by atoms with Crippen molar-refractivity contribution < 1.29 is 14.3 Å². The molecule has 1 atom stereocenters. The summed E-state index contributed by atoms with van der Waals surface area (Å²) in [6.45, 7) is 2.52. The molecule has 0 spiro atoms. The first kappa shape index (κ1) is 14.6. The van der Waals surface area contributed by atoms with E-state index in [1.807, 2.05) is 25.1 Å². The Morgan fingerprint density at radius 1 is 1.32 bits per heavy atom. The molecule has 0 saturated heterocycles. The SMILES string of the molecule is CC(Sc1ncccn1)C(=O)NCc1ccc2c(c1)OCO2. The van der Waals surface area contributed by atoms with Crippen LogP contribution in [0.15, 0.2) is 41.8 Å². The molecule has 0 radical (unpaired) electrons. The molecule has 1 aliphatic heterocycles. The van der Waals surface area contributed by atoms with Crippen molar-refractivity contribution in [1.29, 1.82) is 0 Å². The lowest BCUT2D eigenvalue weighted by Gasteiger charge is -2.11. The third-order valence-electron chi connectivity index (χ3n) is 3.10. The fraction of sp³-hybridized carbons (Fsp3) is 0.267. The van der Waals surface area contributed by atoms with E-state index in [0.29, 0.717) is 17.5 Å². The minimum absolute atomic E-state index is 0.0601. The number of fused-ring (bicyclic) bond motifs is 1.